The van der Waals surface area contributed by atoms with Gasteiger partial charge in [-0.3, -0.25) is 0 Å². The molecule has 10 nitrogen and oxygen atoms in total. The first kappa shape index (κ1) is 36.4. The lowest BCUT2D eigenvalue weighted by atomic mass is 10.1. The van der Waals surface area contributed by atoms with E-state index in [1.165, 1.54) is 38.5 Å². The highest BCUT2D eigenvalue weighted by Gasteiger charge is 2.47. The third-order valence-corrected chi connectivity index (χ3v) is 11.0. The molecular weight excluding hydrogens is 592 g/mol. The van der Waals surface area contributed by atoms with Gasteiger partial charge in [-0.05, 0) is 61.1 Å². The molecule has 0 unspecified atom stereocenters. The summed E-state index contributed by atoms with van der Waals surface area (Å²) in [5.41, 5.74) is 11.2. The molecule has 0 atom stereocenters. The van der Waals surface area contributed by atoms with E-state index in [1.807, 2.05) is 0 Å². The molecule has 0 aliphatic rings. The minimum Gasteiger partial charge on any atom is -0.492 e. The zero-order valence-corrected chi connectivity index (χ0v) is 27.5. The van der Waals surface area contributed by atoms with Crippen molar-refractivity contribution in [1.29, 1.82) is 0 Å². The highest BCUT2D eigenvalue weighted by atomic mass is 32.3. The Morgan fingerprint density at radius 2 is 1.07 bits per heavy atom. The van der Waals surface area contributed by atoms with Crippen LogP contribution in [0, 0.1) is 0 Å². The van der Waals surface area contributed by atoms with Crippen LogP contribution in [0.1, 0.15) is 76.3 Å². The topological polar surface area (TPSA) is 142 Å². The maximum atomic E-state index is 14.0. The molecule has 0 saturated heterocycles. The molecule has 0 spiro atoms. The van der Waals surface area contributed by atoms with Crippen LogP contribution in [0.4, 0.5) is 0 Å². The molecule has 0 aromatic heterocycles. The molecule has 0 N–H and O–H groups in total. The molecule has 0 bridgehead atoms. The second-order valence-electron chi connectivity index (χ2n) is 10.2. The van der Waals surface area contributed by atoms with Crippen LogP contribution in [0.15, 0.2) is 46.2 Å². The Morgan fingerprint density at radius 1 is 0.651 bits per heavy atom. The lowest BCUT2D eigenvalue weighted by Crippen LogP contribution is -2.27. The summed E-state index contributed by atoms with van der Waals surface area (Å²) in [6, 6.07) is 9.08. The fraction of sp³-hybridized carbons (Fsp3) is 0.581. The zero-order chi connectivity index (χ0) is 31.7. The van der Waals surface area contributed by atoms with E-state index < -0.39 is 33.8 Å². The van der Waals surface area contributed by atoms with Gasteiger partial charge in [0.05, 0.1) is 26.4 Å². The van der Waals surface area contributed by atoms with E-state index in [2.05, 4.69) is 18.6 Å². The fourth-order valence-corrected chi connectivity index (χ4v) is 8.06. The lowest BCUT2D eigenvalue weighted by Gasteiger charge is -2.14. The molecule has 240 valence electrons. The van der Waals surface area contributed by atoms with Gasteiger partial charge in [0.25, 0.3) is 19.7 Å². The minimum atomic E-state index is -4.90. The number of hydrogen-bond donors (Lipinski definition) is 0. The number of unbranched alkanes of at least 4 members (excludes halogenated alkanes) is 6. The van der Waals surface area contributed by atoms with E-state index in [-0.39, 0.29) is 24.7 Å². The van der Waals surface area contributed by atoms with Crippen LogP contribution >= 0.6 is 0 Å². The van der Waals surface area contributed by atoms with Crippen molar-refractivity contribution in [3.63, 3.8) is 0 Å². The van der Waals surface area contributed by atoms with Crippen LogP contribution in [0.3, 0.4) is 0 Å². The highest BCUT2D eigenvalue weighted by molar-refractivity contribution is 8.31. The number of benzene rings is 2. The standard InChI is InChI=1S/C31H46N2O8S2/c1-5-7-9-11-19-40-27-15-13-25(17-21-38-3)23-29(27)42(34,35)31(33-32)43(36,37)30-24-26(18-22-39-4)14-16-28(30)41-20-12-10-8-6-2/h13-16,23-24H,5-12,17-22H2,1-4H3. The van der Waals surface area contributed by atoms with E-state index in [1.54, 1.807) is 12.1 Å². The third-order valence-electron chi connectivity index (χ3n) is 6.84. The summed E-state index contributed by atoms with van der Waals surface area (Å²) in [6.07, 6.45) is 8.05. The molecule has 2 aromatic rings. The van der Waals surface area contributed by atoms with Gasteiger partial charge in [-0.1, -0.05) is 64.5 Å². The SMILES string of the molecule is CCCCCCOc1ccc(CCOC)cc1S(=O)(=O)C(=[N+]=[N-])S(=O)(=O)c1cc(CCOC)ccc1OCCCCCC. The van der Waals surface area contributed by atoms with Gasteiger partial charge in [0, 0.05) is 14.2 Å². The van der Waals surface area contributed by atoms with Gasteiger partial charge in [0.1, 0.15) is 21.3 Å². The fourth-order valence-electron chi connectivity index (χ4n) is 4.38. The van der Waals surface area contributed by atoms with E-state index in [0.717, 1.165) is 38.5 Å². The molecular formula is C31H46N2O8S2. The first-order valence-electron chi connectivity index (χ1n) is 14.9. The summed E-state index contributed by atoms with van der Waals surface area (Å²) in [5, 5.41) is 0. The van der Waals surface area contributed by atoms with Crippen molar-refractivity contribution >= 4 is 24.1 Å². The van der Waals surface area contributed by atoms with Gasteiger partial charge in [-0.15, -0.1) is 4.79 Å². The maximum Gasteiger partial charge on any atom is 0.504 e. The lowest BCUT2D eigenvalue weighted by molar-refractivity contribution is 0.00377. The molecule has 0 fully saturated rings. The van der Waals surface area contributed by atoms with Gasteiger partial charge in [-0.25, -0.2) is 16.8 Å². The number of nitrogens with zero attached hydrogens (tertiary/aromatic N) is 2. The summed E-state index contributed by atoms with van der Waals surface area (Å²) in [4.78, 5) is 2.08. The van der Waals surface area contributed by atoms with Crippen molar-refractivity contribution in [2.75, 3.05) is 40.6 Å². The summed E-state index contributed by atoms with van der Waals surface area (Å²) < 4.78 is 76.6. The Labute approximate surface area is 257 Å². The summed E-state index contributed by atoms with van der Waals surface area (Å²) in [5.74, 6) is -0.0366. The molecule has 0 saturated carbocycles. The summed E-state index contributed by atoms with van der Waals surface area (Å²) in [7, 11) is -6.74. The van der Waals surface area contributed by atoms with Crippen molar-refractivity contribution in [3.05, 3.63) is 53.1 Å². The molecule has 2 rings (SSSR count). The van der Waals surface area contributed by atoms with Crippen LogP contribution in [0.2, 0.25) is 0 Å². The van der Waals surface area contributed by atoms with Crippen LogP contribution in [-0.4, -0.2) is 66.6 Å². The Hall–Kier alpha value is -2.76. The van der Waals surface area contributed by atoms with E-state index in [0.29, 0.717) is 50.0 Å². The maximum absolute atomic E-state index is 14.0. The Bertz CT molecular complexity index is 1320. The number of sulfone groups is 2. The number of hydrogen-bond acceptors (Lipinski definition) is 8. The summed E-state index contributed by atoms with van der Waals surface area (Å²) in [6.45, 7) is 5.30. The number of methoxy groups -OCH3 is 2. The molecule has 0 heterocycles. The van der Waals surface area contributed by atoms with Crippen LogP contribution in [0.25, 0.3) is 5.53 Å². The summed E-state index contributed by atoms with van der Waals surface area (Å²) >= 11 is 0. The predicted molar refractivity (Wildman–Crippen MR) is 166 cm³/mol. The van der Waals surface area contributed by atoms with Crippen LogP contribution < -0.4 is 9.47 Å². The first-order chi connectivity index (χ1) is 20.7. The second-order valence-corrected chi connectivity index (χ2v) is 14.2. The van der Waals surface area contributed by atoms with Crippen molar-refractivity contribution in [1.82, 2.24) is 0 Å². The van der Waals surface area contributed by atoms with Crippen LogP contribution in [-0.2, 0) is 42.0 Å². The normalized spacial score (nSPS) is 11.7. The van der Waals surface area contributed by atoms with Gasteiger partial charge < -0.3 is 24.5 Å². The van der Waals surface area contributed by atoms with Crippen molar-refractivity contribution in [2.24, 2.45) is 0 Å². The van der Waals surface area contributed by atoms with Crippen molar-refractivity contribution in [3.8, 4) is 11.5 Å². The second kappa shape index (κ2) is 18.8. The van der Waals surface area contributed by atoms with E-state index >= 15 is 0 Å². The average Bonchev–Trinajstić information content (AvgIpc) is 2.99. The molecule has 2 aromatic carbocycles. The molecule has 43 heavy (non-hydrogen) atoms. The first-order valence-corrected chi connectivity index (χ1v) is 17.8. The molecule has 0 aliphatic heterocycles. The Balaban J connectivity index is 2.58. The largest absolute Gasteiger partial charge is 0.504 e. The number of ether oxygens (including phenoxy) is 4. The predicted octanol–water partition coefficient (Wildman–Crippen LogP) is 5.82. The zero-order valence-electron chi connectivity index (χ0n) is 25.8. The smallest absolute Gasteiger partial charge is 0.492 e. The van der Waals surface area contributed by atoms with E-state index in [9.17, 15) is 22.4 Å². The highest BCUT2D eigenvalue weighted by Crippen LogP contribution is 2.33. The van der Waals surface area contributed by atoms with Gasteiger partial charge in [0.15, 0.2) is 0 Å². The van der Waals surface area contributed by atoms with Gasteiger partial charge in [-0.2, -0.15) is 0 Å². The quantitative estimate of drug-likeness (QED) is 0.0581. The minimum absolute atomic E-state index is 0.0183. The van der Waals surface area contributed by atoms with Crippen molar-refractivity contribution < 1.29 is 40.6 Å². The third kappa shape index (κ3) is 10.7. The molecule has 0 radical (unpaired) electrons. The van der Waals surface area contributed by atoms with Crippen molar-refractivity contribution in [2.45, 2.75) is 87.8 Å². The molecule has 0 aliphatic carbocycles. The monoisotopic (exact) mass is 638 g/mol. The molecule has 0 amide bonds. The van der Waals surface area contributed by atoms with Crippen LogP contribution in [0.5, 0.6) is 11.5 Å². The molecule has 12 heteroatoms. The van der Waals surface area contributed by atoms with Gasteiger partial charge in [0.2, 0.25) is 0 Å². The van der Waals surface area contributed by atoms with E-state index in [4.69, 9.17) is 18.9 Å². The number of rotatable bonds is 20. The van der Waals surface area contributed by atoms with Gasteiger partial charge >= 0.3 is 4.38 Å². The Kier molecular flexibility index (Phi) is 15.9. The Morgan fingerprint density at radius 3 is 1.42 bits per heavy atom. The average molecular weight is 639 g/mol.